The van der Waals surface area contributed by atoms with Crippen molar-refractivity contribution in [2.45, 2.75) is 13.1 Å². The largest absolute Gasteiger partial charge is 0.311 e. The van der Waals surface area contributed by atoms with Crippen LogP contribution in [-0.2, 0) is 13.1 Å². The standard InChI is InChI=1S/C34H34N4/c1-5-13-29-25(9-1)21-26-10-2-6-14-30(26)33(29)23-35-17-19-37-38-20-18-36-24-34-31-15-7-3-11-27(31)22-28-12-4-8-16-32(28)34/h1-16,21-22,35-38H,17-20,23-24H2. The van der Waals surface area contributed by atoms with Gasteiger partial charge in [0.05, 0.1) is 0 Å². The Morgan fingerprint density at radius 1 is 0.368 bits per heavy atom. The van der Waals surface area contributed by atoms with E-state index in [1.807, 2.05) is 0 Å². The van der Waals surface area contributed by atoms with Crippen LogP contribution in [0.4, 0.5) is 0 Å². The van der Waals surface area contributed by atoms with Gasteiger partial charge in [-0.25, -0.2) is 0 Å². The van der Waals surface area contributed by atoms with Crippen LogP contribution in [-0.4, -0.2) is 26.2 Å². The highest BCUT2D eigenvalue weighted by molar-refractivity contribution is 6.03. The van der Waals surface area contributed by atoms with Gasteiger partial charge in [0.1, 0.15) is 0 Å². The second-order valence-corrected chi connectivity index (χ2v) is 9.80. The van der Waals surface area contributed by atoms with Crippen molar-refractivity contribution < 1.29 is 0 Å². The molecule has 4 heteroatoms. The smallest absolute Gasteiger partial charge is 0.0225 e. The molecule has 190 valence electrons. The van der Waals surface area contributed by atoms with E-state index in [-0.39, 0.29) is 0 Å². The summed E-state index contributed by atoms with van der Waals surface area (Å²) in [6, 6.07) is 39.3. The Morgan fingerprint density at radius 3 is 1.03 bits per heavy atom. The molecule has 4 N–H and O–H groups in total. The van der Waals surface area contributed by atoms with E-state index in [4.69, 9.17) is 0 Å². The van der Waals surface area contributed by atoms with Crippen LogP contribution in [0.15, 0.2) is 109 Å². The topological polar surface area (TPSA) is 48.1 Å². The average molecular weight is 499 g/mol. The minimum atomic E-state index is 0.851. The maximum absolute atomic E-state index is 3.63. The van der Waals surface area contributed by atoms with Crippen LogP contribution in [0.5, 0.6) is 0 Å². The number of benzene rings is 6. The monoisotopic (exact) mass is 498 g/mol. The molecule has 0 radical (unpaired) electrons. The Hall–Kier alpha value is -3.80. The van der Waals surface area contributed by atoms with E-state index in [0.29, 0.717) is 0 Å². The van der Waals surface area contributed by atoms with Crippen molar-refractivity contribution in [3.63, 3.8) is 0 Å². The third kappa shape index (κ3) is 5.26. The van der Waals surface area contributed by atoms with E-state index in [9.17, 15) is 0 Å². The van der Waals surface area contributed by atoms with Crippen LogP contribution in [0.1, 0.15) is 11.1 Å². The first-order valence-corrected chi connectivity index (χ1v) is 13.5. The highest BCUT2D eigenvalue weighted by Gasteiger charge is 2.08. The molecule has 0 saturated carbocycles. The molecule has 0 spiro atoms. The number of fused-ring (bicyclic) bond motifs is 4. The van der Waals surface area contributed by atoms with Crippen molar-refractivity contribution in [2.24, 2.45) is 0 Å². The number of hydrogen-bond acceptors (Lipinski definition) is 4. The first kappa shape index (κ1) is 24.5. The highest BCUT2D eigenvalue weighted by Crippen LogP contribution is 2.29. The fourth-order valence-corrected chi connectivity index (χ4v) is 5.50. The minimum Gasteiger partial charge on any atom is -0.311 e. The molecule has 4 nitrogen and oxygen atoms in total. The molecule has 0 aromatic heterocycles. The summed E-state index contributed by atoms with van der Waals surface area (Å²) in [7, 11) is 0. The summed E-state index contributed by atoms with van der Waals surface area (Å²) in [6.07, 6.45) is 0. The first-order valence-electron chi connectivity index (χ1n) is 13.5. The van der Waals surface area contributed by atoms with E-state index >= 15 is 0 Å². The lowest BCUT2D eigenvalue weighted by molar-refractivity contribution is 0.501. The fourth-order valence-electron chi connectivity index (χ4n) is 5.50. The summed E-state index contributed by atoms with van der Waals surface area (Å²) in [5.74, 6) is 0. The number of rotatable bonds is 11. The molecule has 0 aliphatic heterocycles. The quantitative estimate of drug-likeness (QED) is 0.0966. The Morgan fingerprint density at radius 2 is 0.684 bits per heavy atom. The Bertz CT molecular complexity index is 1460. The summed E-state index contributed by atoms with van der Waals surface area (Å²) >= 11 is 0. The predicted octanol–water partition coefficient (Wildman–Crippen LogP) is 6.27. The fraction of sp³-hybridized carbons (Fsp3) is 0.176. The molecular formula is C34H34N4. The Balaban J connectivity index is 0.964. The lowest BCUT2D eigenvalue weighted by Crippen LogP contribution is -2.40. The van der Waals surface area contributed by atoms with E-state index in [2.05, 4.69) is 131 Å². The maximum atomic E-state index is 3.63. The first-order chi connectivity index (χ1) is 18.9. The molecule has 0 aliphatic carbocycles. The summed E-state index contributed by atoms with van der Waals surface area (Å²) in [5.41, 5.74) is 9.45. The van der Waals surface area contributed by atoms with Crippen molar-refractivity contribution in [3.05, 3.63) is 120 Å². The molecule has 0 aliphatic rings. The third-order valence-corrected chi connectivity index (χ3v) is 7.35. The van der Waals surface area contributed by atoms with Crippen molar-refractivity contribution in [2.75, 3.05) is 26.2 Å². The Kier molecular flexibility index (Phi) is 7.56. The molecule has 38 heavy (non-hydrogen) atoms. The predicted molar refractivity (Wildman–Crippen MR) is 162 cm³/mol. The van der Waals surface area contributed by atoms with Crippen LogP contribution in [0.25, 0.3) is 43.1 Å². The second kappa shape index (κ2) is 11.7. The zero-order valence-electron chi connectivity index (χ0n) is 21.6. The lowest BCUT2D eigenvalue weighted by Gasteiger charge is -2.14. The van der Waals surface area contributed by atoms with Gasteiger partial charge >= 0.3 is 0 Å². The lowest BCUT2D eigenvalue weighted by atomic mass is 9.97. The van der Waals surface area contributed by atoms with Crippen molar-refractivity contribution in [1.82, 2.24) is 21.5 Å². The summed E-state index contributed by atoms with van der Waals surface area (Å²) in [4.78, 5) is 0. The molecule has 0 fully saturated rings. The van der Waals surface area contributed by atoms with Crippen LogP contribution in [0.3, 0.4) is 0 Å². The van der Waals surface area contributed by atoms with Gasteiger partial charge in [0.2, 0.25) is 0 Å². The van der Waals surface area contributed by atoms with E-state index < -0.39 is 0 Å². The van der Waals surface area contributed by atoms with Crippen molar-refractivity contribution in [3.8, 4) is 0 Å². The van der Waals surface area contributed by atoms with Crippen molar-refractivity contribution in [1.29, 1.82) is 0 Å². The van der Waals surface area contributed by atoms with Gasteiger partial charge in [-0.15, -0.1) is 0 Å². The molecule has 6 rings (SSSR count). The van der Waals surface area contributed by atoms with E-state index in [1.54, 1.807) is 0 Å². The summed E-state index contributed by atoms with van der Waals surface area (Å²) in [6.45, 7) is 5.20. The zero-order valence-corrected chi connectivity index (χ0v) is 21.6. The van der Waals surface area contributed by atoms with Crippen LogP contribution < -0.4 is 21.5 Å². The second-order valence-electron chi connectivity index (χ2n) is 9.80. The zero-order chi connectivity index (χ0) is 25.6. The third-order valence-electron chi connectivity index (χ3n) is 7.35. The number of hydrazine groups is 1. The normalized spacial score (nSPS) is 11.7. The minimum absolute atomic E-state index is 0.851. The number of nitrogens with one attached hydrogen (secondary N) is 4. The van der Waals surface area contributed by atoms with Gasteiger partial charge in [-0.1, -0.05) is 97.1 Å². The highest BCUT2D eigenvalue weighted by atomic mass is 15.4. The maximum Gasteiger partial charge on any atom is 0.0225 e. The van der Waals surface area contributed by atoms with E-state index in [1.165, 1.54) is 54.2 Å². The molecule has 0 unspecified atom stereocenters. The average Bonchev–Trinajstić information content (AvgIpc) is 2.97. The van der Waals surface area contributed by atoms with Gasteiger partial charge in [-0.05, 0) is 66.3 Å². The van der Waals surface area contributed by atoms with Crippen LogP contribution in [0, 0.1) is 0 Å². The summed E-state index contributed by atoms with van der Waals surface area (Å²) < 4.78 is 0. The van der Waals surface area contributed by atoms with Crippen LogP contribution in [0.2, 0.25) is 0 Å². The molecule has 0 atom stereocenters. The van der Waals surface area contributed by atoms with Gasteiger partial charge in [-0.3, -0.25) is 10.9 Å². The van der Waals surface area contributed by atoms with Gasteiger partial charge in [0.15, 0.2) is 0 Å². The molecule has 0 heterocycles. The van der Waals surface area contributed by atoms with Crippen molar-refractivity contribution >= 4 is 43.1 Å². The Labute approximate surface area is 224 Å². The molecule has 6 aromatic rings. The SMILES string of the molecule is c1ccc2c(CNCCNNCCNCc3c4ccccc4cc4ccccc34)c3ccccc3cc2c1. The van der Waals surface area contributed by atoms with E-state index in [0.717, 1.165) is 39.3 Å². The van der Waals surface area contributed by atoms with Gasteiger partial charge in [0.25, 0.3) is 0 Å². The molecule has 0 amide bonds. The molecule has 0 bridgehead atoms. The van der Waals surface area contributed by atoms with Gasteiger partial charge in [-0.2, -0.15) is 0 Å². The van der Waals surface area contributed by atoms with Crippen LogP contribution >= 0.6 is 0 Å². The molecule has 6 aromatic carbocycles. The number of hydrogen-bond donors (Lipinski definition) is 4. The molecular weight excluding hydrogens is 464 g/mol. The molecule has 0 saturated heterocycles. The summed E-state index contributed by atoms with van der Waals surface area (Å²) in [5, 5.41) is 17.8. The van der Waals surface area contributed by atoms with Gasteiger partial charge < -0.3 is 10.6 Å². The van der Waals surface area contributed by atoms with Gasteiger partial charge in [0, 0.05) is 39.3 Å².